The second kappa shape index (κ2) is 29.2. The number of carbonyl (C=O) groups excluding carboxylic acids is 1. The third-order valence-electron chi connectivity index (χ3n) is 1.63. The van der Waals surface area contributed by atoms with Crippen LogP contribution in [0.3, 0.4) is 0 Å². The summed E-state index contributed by atoms with van der Waals surface area (Å²) in [7, 11) is 5.64. The minimum absolute atomic E-state index is 0. The maximum absolute atomic E-state index is 10.3. The fourth-order valence-electron chi connectivity index (χ4n) is 0.610. The molecule has 12 heteroatoms. The van der Waals surface area contributed by atoms with Crippen LogP contribution in [0.15, 0.2) is 0 Å². The molecule has 0 aliphatic heterocycles. The van der Waals surface area contributed by atoms with Crippen LogP contribution < -0.4 is 0 Å². The summed E-state index contributed by atoms with van der Waals surface area (Å²) >= 11 is 2.06. The molecular formula is C11H31N2O8PV. The fraction of sp³-hybridized carbons (Fsp3) is 0.636. The van der Waals surface area contributed by atoms with Crippen molar-refractivity contribution in [2.45, 2.75) is 14.4 Å². The molecule has 0 aromatic heterocycles. The zero-order chi connectivity index (χ0) is 16.0. The second-order valence-electron chi connectivity index (χ2n) is 3.36. The van der Waals surface area contributed by atoms with Crippen LogP contribution in [0.1, 0.15) is 14.4 Å². The van der Waals surface area contributed by atoms with Crippen LogP contribution in [0.4, 0.5) is 0 Å². The van der Waals surface area contributed by atoms with Crippen LogP contribution in [-0.2, 0) is 31.4 Å². The number of hydrogen-bond donors (Lipinski definition) is 2. The van der Waals surface area contributed by atoms with Gasteiger partial charge >= 0.3 is 34.1 Å². The first kappa shape index (κ1) is 43.2. The predicted octanol–water partition coefficient (Wildman–Crippen LogP) is -2.49. The Hall–Kier alpha value is -0.866. The summed E-state index contributed by atoms with van der Waals surface area (Å²) in [6.45, 7) is 1.21. The van der Waals surface area contributed by atoms with E-state index in [1.807, 2.05) is 0 Å². The zero-order valence-electron chi connectivity index (χ0n) is 12.9. The average molecular weight is 401 g/mol. The third-order valence-corrected chi connectivity index (χ3v) is 2.25. The molecule has 0 aliphatic rings. The normalized spacial score (nSPS) is 6.96. The van der Waals surface area contributed by atoms with Gasteiger partial charge in [-0.05, 0) is 7.05 Å². The van der Waals surface area contributed by atoms with E-state index in [0.717, 1.165) is 4.90 Å². The summed E-state index contributed by atoms with van der Waals surface area (Å²) < 4.78 is 0. The van der Waals surface area contributed by atoms with Gasteiger partial charge < -0.3 is 31.5 Å². The van der Waals surface area contributed by atoms with Crippen molar-refractivity contribution in [1.29, 1.82) is 0 Å². The van der Waals surface area contributed by atoms with Gasteiger partial charge in [0.05, 0.1) is 6.54 Å². The van der Waals surface area contributed by atoms with Crippen molar-refractivity contribution >= 4 is 32.3 Å². The number of amides is 1. The summed E-state index contributed by atoms with van der Waals surface area (Å²) in [5.74, 6) is -2.01. The van der Waals surface area contributed by atoms with E-state index >= 15 is 0 Å². The summed E-state index contributed by atoms with van der Waals surface area (Å²) in [6, 6.07) is 0. The van der Waals surface area contributed by atoms with E-state index < -0.39 is 11.9 Å². The SMILES string of the molecule is C.CC(=O)N(C)CC(=O)O.CN(CP)CC(=O)O.O.O.O.[CH2]=[V]. The molecule has 1 amide bonds. The molecule has 8 N–H and O–H groups in total. The molecule has 1 atom stereocenters. The van der Waals surface area contributed by atoms with Crippen molar-refractivity contribution in [3.8, 4) is 0 Å². The molecule has 0 fully saturated rings. The number of carboxylic acids is 2. The van der Waals surface area contributed by atoms with Crippen LogP contribution in [0.5, 0.6) is 0 Å². The van der Waals surface area contributed by atoms with Gasteiger partial charge in [-0.25, -0.2) is 0 Å². The van der Waals surface area contributed by atoms with E-state index in [1.165, 1.54) is 14.0 Å². The number of aliphatic carboxylic acids is 2. The van der Waals surface area contributed by atoms with Crippen molar-refractivity contribution in [3.63, 3.8) is 0 Å². The molecule has 23 heavy (non-hydrogen) atoms. The summed E-state index contributed by atoms with van der Waals surface area (Å²) in [6.07, 6.45) is 0.701. The maximum atomic E-state index is 10.3. The first-order valence-corrected chi connectivity index (χ1v) is 6.86. The van der Waals surface area contributed by atoms with Gasteiger partial charge in [0, 0.05) is 20.3 Å². The third kappa shape index (κ3) is 44.9. The number of likely N-dealkylation sites (N-methyl/N-ethyl adjacent to an activating group) is 2. The summed E-state index contributed by atoms with van der Waals surface area (Å²) in [4.78, 5) is 33.0. The molecule has 0 saturated heterocycles. The average Bonchev–Trinajstić information content (AvgIpc) is 2.30. The van der Waals surface area contributed by atoms with E-state index in [0.29, 0.717) is 6.29 Å². The monoisotopic (exact) mass is 401 g/mol. The van der Waals surface area contributed by atoms with E-state index in [9.17, 15) is 14.4 Å². The topological polar surface area (TPSA) is 193 Å². The summed E-state index contributed by atoms with van der Waals surface area (Å²) in [5.41, 5.74) is 0. The molecular weight excluding hydrogens is 370 g/mol. The van der Waals surface area contributed by atoms with Gasteiger partial charge in [-0.2, -0.15) is 0 Å². The van der Waals surface area contributed by atoms with Crippen LogP contribution in [0.25, 0.3) is 0 Å². The van der Waals surface area contributed by atoms with Gasteiger partial charge in [-0.1, -0.05) is 7.43 Å². The van der Waals surface area contributed by atoms with Crippen molar-refractivity contribution in [2.75, 3.05) is 33.5 Å². The van der Waals surface area contributed by atoms with Crippen molar-refractivity contribution in [3.05, 3.63) is 0 Å². The van der Waals surface area contributed by atoms with Gasteiger partial charge in [0.1, 0.15) is 6.54 Å². The second-order valence-corrected chi connectivity index (χ2v) is 3.72. The van der Waals surface area contributed by atoms with E-state index in [1.54, 1.807) is 11.9 Å². The first-order valence-electron chi connectivity index (χ1n) is 5.06. The Morgan fingerprint density at radius 2 is 1.30 bits per heavy atom. The standard InChI is InChI=1S/C5H9NO3.C4H10NO2P.CH4.CH2.3H2O.V/c1-4(7)6(2)3-5(8)9;1-5(3-8)2-4(6)7;;;;;;/h3H2,1-2H3,(H,8,9);2-3,8H2,1H3,(H,6,7);1H4;4*1H2;. The molecule has 0 saturated carbocycles. The zero-order valence-corrected chi connectivity index (χ0v) is 15.4. The van der Waals surface area contributed by atoms with Gasteiger partial charge in [-0.15, -0.1) is 9.24 Å². The molecule has 0 aromatic carbocycles. The van der Waals surface area contributed by atoms with Crippen molar-refractivity contribution in [1.82, 2.24) is 9.80 Å². The van der Waals surface area contributed by atoms with Gasteiger partial charge in [0.15, 0.2) is 0 Å². The number of nitrogens with zero attached hydrogens (tertiary/aromatic N) is 2. The van der Waals surface area contributed by atoms with Crippen LogP contribution in [0, 0.1) is 0 Å². The van der Waals surface area contributed by atoms with Crippen molar-refractivity contribution in [2.24, 2.45) is 0 Å². The number of rotatable bonds is 5. The molecule has 0 aliphatic carbocycles. The molecule has 0 spiro atoms. The number of carboxylic acid groups (broad SMARTS) is 2. The molecule has 0 rings (SSSR count). The first-order chi connectivity index (χ1) is 8.70. The molecule has 143 valence electrons. The van der Waals surface area contributed by atoms with E-state index in [4.69, 9.17) is 10.2 Å². The van der Waals surface area contributed by atoms with E-state index in [-0.39, 0.29) is 42.9 Å². The number of hydrogen-bond acceptors (Lipinski definition) is 4. The Morgan fingerprint density at radius 1 is 1.00 bits per heavy atom. The molecule has 0 radical (unpaired) electrons. The van der Waals surface area contributed by atoms with Crippen LogP contribution in [-0.4, -0.2) is 93.0 Å². The molecule has 0 aromatic rings. The molecule has 0 heterocycles. The summed E-state index contributed by atoms with van der Waals surface area (Å²) in [5, 5.41) is 19.5. The number of carbonyl (C=O) groups is 3. The minimum atomic E-state index is -0.993. The van der Waals surface area contributed by atoms with Crippen LogP contribution >= 0.6 is 9.24 Å². The Labute approximate surface area is 148 Å². The van der Waals surface area contributed by atoms with Crippen molar-refractivity contribution < 1.29 is 58.0 Å². The Morgan fingerprint density at radius 3 is 1.39 bits per heavy atom. The predicted molar refractivity (Wildman–Crippen MR) is 90.5 cm³/mol. The Kier molecular flexibility index (Phi) is 54.8. The van der Waals surface area contributed by atoms with E-state index in [2.05, 4.69) is 31.5 Å². The quantitative estimate of drug-likeness (QED) is 0.478. The van der Waals surface area contributed by atoms with Crippen LogP contribution in [0.2, 0.25) is 0 Å². The van der Waals surface area contributed by atoms with Gasteiger partial charge in [0.25, 0.3) is 0 Å². The molecule has 1 unspecified atom stereocenters. The Balaban J connectivity index is -0.0000000347. The van der Waals surface area contributed by atoms with Gasteiger partial charge in [-0.3, -0.25) is 19.3 Å². The Bertz CT molecular complexity index is 297. The van der Waals surface area contributed by atoms with Gasteiger partial charge in [0.2, 0.25) is 5.91 Å². The fourth-order valence-corrected chi connectivity index (χ4v) is 0.739. The molecule has 10 nitrogen and oxygen atoms in total. The molecule has 0 bridgehead atoms.